The van der Waals surface area contributed by atoms with Crippen molar-refractivity contribution in [3.05, 3.63) is 12.2 Å². The summed E-state index contributed by atoms with van der Waals surface area (Å²) < 4.78 is 16.1. The molecule has 0 saturated carbocycles. The van der Waals surface area contributed by atoms with Crippen molar-refractivity contribution >= 4 is 36.2 Å². The van der Waals surface area contributed by atoms with Gasteiger partial charge in [0.05, 0.1) is 31.3 Å². The lowest BCUT2D eigenvalue weighted by Crippen LogP contribution is -2.54. The van der Waals surface area contributed by atoms with Crippen molar-refractivity contribution in [1.82, 2.24) is 0 Å². The van der Waals surface area contributed by atoms with E-state index in [4.69, 9.17) is 13.9 Å². The van der Waals surface area contributed by atoms with Crippen LogP contribution in [-0.4, -0.2) is 56.6 Å². The Hall–Kier alpha value is -0.703. The molecule has 8 heteroatoms. The van der Waals surface area contributed by atoms with Crippen LogP contribution in [0.2, 0.25) is 18.1 Å². The molecular weight excluding hydrogens is 408 g/mol. The van der Waals surface area contributed by atoms with Crippen LogP contribution in [0.25, 0.3) is 0 Å². The van der Waals surface area contributed by atoms with Crippen LogP contribution in [-0.2, 0) is 23.5 Å². The van der Waals surface area contributed by atoms with Crippen molar-refractivity contribution in [3.8, 4) is 0 Å². The largest absolute Gasteiger partial charge is 0.468 e. The van der Waals surface area contributed by atoms with Crippen molar-refractivity contribution < 1.29 is 28.6 Å². The maximum atomic E-state index is 12.2. The van der Waals surface area contributed by atoms with Gasteiger partial charge in [-0.15, -0.1) is 0 Å². The standard InChI is InChI=1S/C17H29BrO6Si/c1-17(2,3)25(6,7)24-14-10(8-9-11(19)13(14)18)12(15(20)22-4)16(21)23-5/h8-14,19H,1-7H3/t10-,11-,13-,14-/m0/s1. The second kappa shape index (κ2) is 8.33. The normalized spacial score (nSPS) is 27.3. The zero-order valence-electron chi connectivity index (χ0n) is 15.9. The van der Waals surface area contributed by atoms with Gasteiger partial charge in [0.1, 0.15) is 0 Å². The number of halogens is 1. The highest BCUT2D eigenvalue weighted by atomic mass is 79.9. The van der Waals surface area contributed by atoms with E-state index in [9.17, 15) is 14.7 Å². The Labute approximate surface area is 159 Å². The minimum atomic E-state index is -2.22. The van der Waals surface area contributed by atoms with Crippen LogP contribution >= 0.6 is 15.9 Å². The molecular formula is C17H29BrO6Si. The van der Waals surface area contributed by atoms with E-state index in [0.717, 1.165) is 0 Å². The van der Waals surface area contributed by atoms with Crippen molar-refractivity contribution in [1.29, 1.82) is 0 Å². The number of carbonyl (C=O) groups is 2. The molecule has 0 heterocycles. The average Bonchev–Trinajstić information content (AvgIpc) is 2.52. The van der Waals surface area contributed by atoms with E-state index >= 15 is 0 Å². The van der Waals surface area contributed by atoms with Gasteiger partial charge >= 0.3 is 11.9 Å². The second-order valence-corrected chi connectivity index (χ2v) is 13.6. The summed E-state index contributed by atoms with van der Waals surface area (Å²) in [5, 5.41) is 10.1. The predicted molar refractivity (Wildman–Crippen MR) is 101 cm³/mol. The Kier molecular flexibility index (Phi) is 7.44. The molecule has 0 fully saturated rings. The molecule has 0 amide bonds. The first kappa shape index (κ1) is 22.3. The van der Waals surface area contributed by atoms with Gasteiger partial charge in [-0.05, 0) is 18.1 Å². The van der Waals surface area contributed by atoms with Crippen LogP contribution in [0, 0.1) is 11.8 Å². The zero-order valence-corrected chi connectivity index (χ0v) is 18.5. The third-order valence-corrected chi connectivity index (χ3v) is 10.6. The first-order valence-electron chi connectivity index (χ1n) is 8.21. The van der Waals surface area contributed by atoms with Gasteiger partial charge in [0, 0.05) is 5.92 Å². The third-order valence-electron chi connectivity index (χ3n) is 5.08. The number of aliphatic hydroxyl groups excluding tert-OH is 1. The summed E-state index contributed by atoms with van der Waals surface area (Å²) in [6, 6.07) is 0. The molecule has 0 unspecified atom stereocenters. The van der Waals surface area contributed by atoms with Crippen molar-refractivity contribution in [2.75, 3.05) is 14.2 Å². The highest BCUT2D eigenvalue weighted by Gasteiger charge is 2.49. The van der Waals surface area contributed by atoms with E-state index in [0.29, 0.717) is 0 Å². The summed E-state index contributed by atoms with van der Waals surface area (Å²) in [6.07, 6.45) is 1.87. The number of hydrogen-bond acceptors (Lipinski definition) is 6. The van der Waals surface area contributed by atoms with Crippen molar-refractivity contribution in [2.24, 2.45) is 11.8 Å². The quantitative estimate of drug-likeness (QED) is 0.234. The van der Waals surface area contributed by atoms with E-state index in [1.807, 2.05) is 0 Å². The molecule has 0 aromatic heterocycles. The zero-order chi connectivity index (χ0) is 19.6. The predicted octanol–water partition coefficient (Wildman–Crippen LogP) is 2.65. The van der Waals surface area contributed by atoms with Crippen LogP contribution < -0.4 is 0 Å². The lowest BCUT2D eigenvalue weighted by atomic mass is 9.81. The van der Waals surface area contributed by atoms with Crippen molar-refractivity contribution in [2.45, 2.75) is 55.9 Å². The molecule has 0 radical (unpaired) electrons. The Morgan fingerprint density at radius 2 is 1.60 bits per heavy atom. The molecule has 1 aliphatic carbocycles. The summed E-state index contributed by atoms with van der Waals surface area (Å²) >= 11 is 3.48. The lowest BCUT2D eigenvalue weighted by Gasteiger charge is -2.45. The molecule has 1 aliphatic rings. The lowest BCUT2D eigenvalue weighted by molar-refractivity contribution is -0.162. The molecule has 1 N–H and O–H groups in total. The Balaban J connectivity index is 3.30. The van der Waals surface area contributed by atoms with E-state index in [1.54, 1.807) is 12.2 Å². The van der Waals surface area contributed by atoms with Gasteiger partial charge in [0.15, 0.2) is 14.2 Å². The molecule has 1 rings (SSSR count). The monoisotopic (exact) mass is 436 g/mol. The van der Waals surface area contributed by atoms with Gasteiger partial charge in [0.25, 0.3) is 0 Å². The minimum absolute atomic E-state index is 0.0671. The molecule has 6 nitrogen and oxygen atoms in total. The minimum Gasteiger partial charge on any atom is -0.468 e. The highest BCUT2D eigenvalue weighted by Crippen LogP contribution is 2.42. The molecule has 0 aliphatic heterocycles. The molecule has 144 valence electrons. The van der Waals surface area contributed by atoms with Crippen LogP contribution in [0.5, 0.6) is 0 Å². The van der Waals surface area contributed by atoms with Crippen LogP contribution in [0.3, 0.4) is 0 Å². The molecule has 4 atom stereocenters. The molecule has 0 bridgehead atoms. The van der Waals surface area contributed by atoms with Gasteiger partial charge in [-0.2, -0.15) is 0 Å². The van der Waals surface area contributed by atoms with Crippen LogP contribution in [0.15, 0.2) is 12.2 Å². The van der Waals surface area contributed by atoms with Crippen LogP contribution in [0.4, 0.5) is 0 Å². The van der Waals surface area contributed by atoms with Gasteiger partial charge in [-0.25, -0.2) is 0 Å². The fraction of sp³-hybridized carbons (Fsp3) is 0.765. The van der Waals surface area contributed by atoms with Crippen LogP contribution in [0.1, 0.15) is 20.8 Å². The Bertz CT molecular complexity index is 512. The van der Waals surface area contributed by atoms with Crippen molar-refractivity contribution in [3.63, 3.8) is 0 Å². The van der Waals surface area contributed by atoms with E-state index in [2.05, 4.69) is 49.8 Å². The number of alkyl halides is 1. The second-order valence-electron chi connectivity index (χ2n) is 7.76. The number of ether oxygens (including phenoxy) is 2. The summed E-state index contributed by atoms with van der Waals surface area (Å²) in [6.45, 7) is 10.5. The fourth-order valence-electron chi connectivity index (χ4n) is 2.49. The number of methoxy groups -OCH3 is 2. The number of carbonyl (C=O) groups excluding carboxylic acids is 2. The maximum Gasteiger partial charge on any atom is 0.320 e. The number of esters is 2. The molecule has 0 spiro atoms. The van der Waals surface area contributed by atoms with Gasteiger partial charge < -0.3 is 19.0 Å². The number of hydrogen-bond donors (Lipinski definition) is 1. The van der Waals surface area contributed by atoms with Gasteiger partial charge in [-0.1, -0.05) is 48.9 Å². The average molecular weight is 437 g/mol. The summed E-state index contributed by atoms with van der Waals surface area (Å²) in [5.41, 5.74) is 0. The number of rotatable bonds is 5. The SMILES string of the molecule is COC(=O)C(C(=O)OC)[C@@H]1C=C[C@H](O)[C@H](Br)[C@H]1O[Si](C)(C)C(C)(C)C. The smallest absolute Gasteiger partial charge is 0.320 e. The Morgan fingerprint density at radius 1 is 1.12 bits per heavy atom. The molecule has 0 aromatic rings. The molecule has 25 heavy (non-hydrogen) atoms. The van der Waals surface area contributed by atoms with E-state index in [-0.39, 0.29) is 5.04 Å². The molecule has 0 aromatic carbocycles. The van der Waals surface area contributed by atoms with E-state index < -0.39 is 49.1 Å². The topological polar surface area (TPSA) is 82.1 Å². The van der Waals surface area contributed by atoms with E-state index in [1.165, 1.54) is 14.2 Å². The number of aliphatic hydroxyl groups is 1. The fourth-order valence-corrected chi connectivity index (χ4v) is 4.66. The van der Waals surface area contributed by atoms with Gasteiger partial charge in [0.2, 0.25) is 0 Å². The summed E-state index contributed by atoms with van der Waals surface area (Å²) in [4.78, 5) is 24.0. The Morgan fingerprint density at radius 3 is 2.00 bits per heavy atom. The first-order chi connectivity index (χ1) is 11.4. The highest BCUT2D eigenvalue weighted by molar-refractivity contribution is 9.09. The third kappa shape index (κ3) is 4.93. The summed E-state index contributed by atoms with van der Waals surface area (Å²) in [7, 11) is 0.242. The van der Waals surface area contributed by atoms with Gasteiger partial charge in [-0.3, -0.25) is 9.59 Å². The maximum absolute atomic E-state index is 12.2. The first-order valence-corrected chi connectivity index (χ1v) is 12.0. The summed E-state index contributed by atoms with van der Waals surface area (Å²) in [5.74, 6) is -3.10. The molecule has 0 saturated heterocycles.